The van der Waals surface area contributed by atoms with Crippen LogP contribution in [-0.2, 0) is 43.8 Å². The van der Waals surface area contributed by atoms with Gasteiger partial charge in [-0.2, -0.15) is 0 Å². The number of halogens is 1. The van der Waals surface area contributed by atoms with E-state index in [1.807, 2.05) is 21.1 Å². The Morgan fingerprint density at radius 1 is 0.800 bits per heavy atom. The van der Waals surface area contributed by atoms with Crippen LogP contribution >= 0.6 is 19.4 Å². The molecule has 0 radical (unpaired) electrons. The lowest BCUT2D eigenvalue weighted by atomic mass is 10.0. The van der Waals surface area contributed by atoms with Crippen LogP contribution in [0.15, 0.2) is 18.2 Å². The normalized spacial score (nSPS) is 12.6. The number of nitrogens with zero attached hydrogens (tertiary/aromatic N) is 2. The van der Waals surface area contributed by atoms with Gasteiger partial charge in [-0.15, -0.1) is 0 Å². The zero-order chi connectivity index (χ0) is 47.6. The van der Waals surface area contributed by atoms with Gasteiger partial charge in [0.2, 0.25) is 5.91 Å². The molecule has 16 heteroatoms. The van der Waals surface area contributed by atoms with Crippen LogP contribution in [0.25, 0.3) is 10.9 Å². The molecular formula is C49H76ClN3O11P+. The van der Waals surface area contributed by atoms with E-state index in [2.05, 4.69) is 47.2 Å². The minimum Gasteiger partial charge on any atom is -0.497 e. The number of amides is 1. The number of carbonyl (C=O) groups excluding carboxylic acids is 2. The minimum absolute atomic E-state index is 0.0108. The molecule has 1 heterocycles. The number of benzene rings is 1. The van der Waals surface area contributed by atoms with Gasteiger partial charge in [-0.25, -0.2) is 4.57 Å². The first-order chi connectivity index (χ1) is 31.3. The second-order valence-electron chi connectivity index (χ2n) is 17.0. The summed E-state index contributed by atoms with van der Waals surface area (Å²) in [7, 11) is 3.06. The lowest BCUT2D eigenvalue weighted by Crippen LogP contribution is -2.37. The molecule has 2 rings (SSSR count). The van der Waals surface area contributed by atoms with Gasteiger partial charge in [0.15, 0.2) is 0 Å². The molecular weight excluding hydrogens is 873 g/mol. The third-order valence-corrected chi connectivity index (χ3v) is 11.5. The molecule has 0 aliphatic carbocycles. The molecule has 1 aromatic heterocycles. The quantitative estimate of drug-likeness (QED) is 0.0220. The fraction of sp³-hybridized carbons (Fsp3) is 0.673. The molecule has 2 atom stereocenters. The molecule has 14 nitrogen and oxygen atoms in total. The van der Waals surface area contributed by atoms with Gasteiger partial charge in [0.25, 0.3) is 0 Å². The van der Waals surface area contributed by atoms with Crippen molar-refractivity contribution in [1.82, 2.24) is 9.88 Å². The molecule has 0 saturated heterocycles. The second-order valence-corrected chi connectivity index (χ2v) is 18.6. The molecule has 364 valence electrons. The Morgan fingerprint density at radius 2 is 1.42 bits per heavy atom. The van der Waals surface area contributed by atoms with Crippen molar-refractivity contribution in [3.8, 4) is 40.7 Å². The van der Waals surface area contributed by atoms with Crippen molar-refractivity contribution in [3.05, 3.63) is 29.5 Å². The van der Waals surface area contributed by atoms with Crippen molar-refractivity contribution in [3.63, 3.8) is 0 Å². The SMILES string of the molecule is CCCCCCCCCCCCCCCCCOCOCC(COP(=O)(O)OCC[N+](C)(C)C)OCOCCCNC(=O)Cc1c(C)n(C(=O)C#CC#CC#CCl)c2ccc(OC)cc12. The Kier molecular flexibility index (Phi) is 30.9. The molecule has 2 N–H and O–H groups in total. The number of likely N-dealkylation sites (N-methyl/N-ethyl adjacent to an activating group) is 1. The summed E-state index contributed by atoms with van der Waals surface area (Å²) in [6.45, 7) is 5.40. The van der Waals surface area contributed by atoms with Crippen molar-refractivity contribution in [2.75, 3.05) is 88.0 Å². The Balaban J connectivity index is 1.75. The Bertz CT molecular complexity index is 1920. The number of ether oxygens (including phenoxy) is 5. The van der Waals surface area contributed by atoms with Crippen LogP contribution in [0.2, 0.25) is 0 Å². The van der Waals surface area contributed by atoms with Gasteiger partial charge in [0.1, 0.15) is 38.6 Å². The Labute approximate surface area is 394 Å². The molecule has 0 aliphatic rings. The lowest BCUT2D eigenvalue weighted by Gasteiger charge is -2.24. The zero-order valence-corrected chi connectivity index (χ0v) is 41.6. The first-order valence-corrected chi connectivity index (χ1v) is 25.1. The van der Waals surface area contributed by atoms with E-state index in [-0.39, 0.29) is 52.3 Å². The van der Waals surface area contributed by atoms with E-state index >= 15 is 0 Å². The first-order valence-electron chi connectivity index (χ1n) is 23.2. The third kappa shape index (κ3) is 27.1. The molecule has 65 heavy (non-hydrogen) atoms. The van der Waals surface area contributed by atoms with Crippen LogP contribution < -0.4 is 10.1 Å². The average Bonchev–Trinajstić information content (AvgIpc) is 3.54. The molecule has 0 saturated carbocycles. The van der Waals surface area contributed by atoms with Gasteiger partial charge < -0.3 is 38.4 Å². The van der Waals surface area contributed by atoms with Crippen LogP contribution in [-0.4, -0.2) is 120 Å². The van der Waals surface area contributed by atoms with Crippen molar-refractivity contribution < 1.29 is 56.3 Å². The Hall–Kier alpha value is -3.42. The number of rotatable bonds is 37. The van der Waals surface area contributed by atoms with Crippen molar-refractivity contribution >= 4 is 42.1 Å². The lowest BCUT2D eigenvalue weighted by molar-refractivity contribution is -0.870. The fourth-order valence-corrected chi connectivity index (χ4v) is 7.58. The molecule has 0 spiro atoms. The van der Waals surface area contributed by atoms with Gasteiger partial charge in [-0.1, -0.05) is 96.8 Å². The summed E-state index contributed by atoms with van der Waals surface area (Å²) in [5.74, 6) is 12.0. The number of hydrogen-bond donors (Lipinski definition) is 2. The molecule has 1 amide bonds. The summed E-state index contributed by atoms with van der Waals surface area (Å²) in [5.41, 5.74) is 1.81. The first kappa shape index (κ1) is 57.7. The summed E-state index contributed by atoms with van der Waals surface area (Å²) < 4.78 is 53.2. The van der Waals surface area contributed by atoms with Gasteiger partial charge in [0, 0.05) is 47.4 Å². The molecule has 0 bridgehead atoms. The number of fused-ring (bicyclic) bond motifs is 1. The fourth-order valence-electron chi connectivity index (χ4n) is 6.79. The van der Waals surface area contributed by atoms with E-state index in [4.69, 9.17) is 44.3 Å². The maximum Gasteiger partial charge on any atom is 0.472 e. The highest BCUT2D eigenvalue weighted by molar-refractivity contribution is 7.47. The smallest absolute Gasteiger partial charge is 0.472 e. The van der Waals surface area contributed by atoms with Gasteiger partial charge in [-0.05, 0) is 67.0 Å². The molecule has 2 aromatic rings. The monoisotopic (exact) mass is 948 g/mol. The molecule has 2 unspecified atom stereocenters. The van der Waals surface area contributed by atoms with Crippen molar-refractivity contribution in [2.24, 2.45) is 0 Å². The maximum absolute atomic E-state index is 13.1. The van der Waals surface area contributed by atoms with Crippen LogP contribution in [0.4, 0.5) is 0 Å². The number of nitrogens with one attached hydrogen (secondary N) is 1. The average molecular weight is 950 g/mol. The minimum atomic E-state index is -4.33. The van der Waals surface area contributed by atoms with Crippen LogP contribution in [0.3, 0.4) is 0 Å². The highest BCUT2D eigenvalue weighted by Crippen LogP contribution is 2.43. The topological polar surface area (TPSA) is 153 Å². The predicted octanol–water partition coefficient (Wildman–Crippen LogP) is 8.92. The summed E-state index contributed by atoms with van der Waals surface area (Å²) in [6.07, 6.45) is 19.2. The van der Waals surface area contributed by atoms with Crippen molar-refractivity contribution in [2.45, 2.75) is 129 Å². The highest BCUT2D eigenvalue weighted by Gasteiger charge is 2.25. The van der Waals surface area contributed by atoms with Gasteiger partial charge in [-0.3, -0.25) is 23.2 Å². The zero-order valence-electron chi connectivity index (χ0n) is 39.9. The second kappa shape index (κ2) is 34.8. The summed E-state index contributed by atoms with van der Waals surface area (Å²) in [6, 6.07) is 5.26. The van der Waals surface area contributed by atoms with Gasteiger partial charge >= 0.3 is 13.7 Å². The number of phosphoric ester groups is 1. The van der Waals surface area contributed by atoms with Crippen LogP contribution in [0.5, 0.6) is 5.75 Å². The largest absolute Gasteiger partial charge is 0.497 e. The van der Waals surface area contributed by atoms with Crippen molar-refractivity contribution in [1.29, 1.82) is 0 Å². The van der Waals surface area contributed by atoms with Crippen LogP contribution in [0.1, 0.15) is 126 Å². The summed E-state index contributed by atoms with van der Waals surface area (Å²) in [5, 5.41) is 5.71. The number of aromatic nitrogens is 1. The van der Waals surface area contributed by atoms with E-state index < -0.39 is 19.8 Å². The molecule has 0 aliphatic heterocycles. The van der Waals surface area contributed by atoms with Crippen LogP contribution in [0, 0.1) is 41.9 Å². The number of hydrogen-bond acceptors (Lipinski definition) is 10. The number of methoxy groups -OCH3 is 1. The molecule has 0 fully saturated rings. The van der Waals surface area contributed by atoms with Gasteiger partial charge in [0.05, 0.1) is 60.0 Å². The van der Waals surface area contributed by atoms with E-state index in [0.29, 0.717) is 58.5 Å². The van der Waals surface area contributed by atoms with E-state index in [0.717, 1.165) is 12.8 Å². The summed E-state index contributed by atoms with van der Waals surface area (Å²) in [4.78, 5) is 36.4. The van der Waals surface area contributed by atoms with E-state index in [1.54, 1.807) is 32.2 Å². The Morgan fingerprint density at radius 3 is 2.05 bits per heavy atom. The number of unbranched alkanes of at least 4 members (excludes halogenated alkanes) is 14. The van der Waals surface area contributed by atoms with E-state index in [9.17, 15) is 19.0 Å². The predicted molar refractivity (Wildman–Crippen MR) is 256 cm³/mol. The number of quaternary nitrogens is 1. The molecule has 1 aromatic carbocycles. The standard InChI is InChI=1S/C49H75ClN3O11P/c1-7-8-9-10-11-12-13-14-15-16-17-18-19-22-25-33-59-40-61-38-44(39-64-65(56,57)63-35-32-53(3,4)5)62-41-60-34-26-31-51-48(54)37-45-42(2)52(49(55)27-23-20-21-24-30-50)47-29-28-43(58-6)36-46(45)47/h28-29,36,44H,7-19,22,25-26,31-35,37-41H2,1-6H3,(H-,51,54,56,57)/p+1. The number of phosphoric acid groups is 1. The summed E-state index contributed by atoms with van der Waals surface area (Å²) >= 11 is 5.30. The van der Waals surface area contributed by atoms with E-state index in [1.165, 1.54) is 88.0 Å². The number of carbonyl (C=O) groups is 2. The highest BCUT2D eigenvalue weighted by atomic mass is 35.5. The maximum atomic E-state index is 13.1. The third-order valence-electron chi connectivity index (χ3n) is 10.5.